The van der Waals surface area contributed by atoms with E-state index >= 15 is 0 Å². The first-order valence-electron chi connectivity index (χ1n) is 9.30. The molecule has 7 heteroatoms. The summed E-state index contributed by atoms with van der Waals surface area (Å²) in [5, 5.41) is 10.9. The zero-order chi connectivity index (χ0) is 18.7. The lowest BCUT2D eigenvalue weighted by atomic mass is 9.94. The third-order valence-electron chi connectivity index (χ3n) is 5.44. The Bertz CT molecular complexity index is 705. The van der Waals surface area contributed by atoms with Gasteiger partial charge in [0.2, 0.25) is 5.91 Å². The molecule has 0 N–H and O–H groups in total. The smallest absolute Gasteiger partial charge is 0.272 e. The van der Waals surface area contributed by atoms with Crippen LogP contribution in [-0.4, -0.2) is 52.7 Å². The Morgan fingerprint density at radius 3 is 2.27 bits per heavy atom. The number of piperidine rings is 2. The van der Waals surface area contributed by atoms with Gasteiger partial charge in [-0.05, 0) is 51.2 Å². The summed E-state index contributed by atoms with van der Waals surface area (Å²) in [5.74, 6) is 0.130. The largest absolute Gasteiger partial charge is 0.342 e. The maximum Gasteiger partial charge on any atom is 0.272 e. The van der Waals surface area contributed by atoms with Crippen molar-refractivity contribution in [1.29, 1.82) is 0 Å². The van der Waals surface area contributed by atoms with Crippen molar-refractivity contribution in [2.45, 2.75) is 39.0 Å². The van der Waals surface area contributed by atoms with Gasteiger partial charge < -0.3 is 9.80 Å². The molecule has 2 saturated heterocycles. The topological polar surface area (TPSA) is 83.8 Å². The first-order valence-corrected chi connectivity index (χ1v) is 9.30. The molecule has 0 aliphatic carbocycles. The summed E-state index contributed by atoms with van der Waals surface area (Å²) < 4.78 is 0. The van der Waals surface area contributed by atoms with Crippen molar-refractivity contribution in [3.63, 3.8) is 0 Å². The Hall–Kier alpha value is -2.44. The number of nitrogens with zero attached hydrogens (tertiary/aromatic N) is 3. The average Bonchev–Trinajstić information content (AvgIpc) is 2.67. The quantitative estimate of drug-likeness (QED) is 0.614. The molecule has 0 bridgehead atoms. The maximum absolute atomic E-state index is 12.7. The van der Waals surface area contributed by atoms with Crippen molar-refractivity contribution in [3.8, 4) is 0 Å². The molecule has 0 spiro atoms. The lowest BCUT2D eigenvalue weighted by molar-refractivity contribution is -0.385. The molecule has 2 aliphatic heterocycles. The molecule has 7 nitrogen and oxygen atoms in total. The average molecular weight is 359 g/mol. The summed E-state index contributed by atoms with van der Waals surface area (Å²) in [7, 11) is 0. The maximum atomic E-state index is 12.7. The molecule has 26 heavy (non-hydrogen) atoms. The summed E-state index contributed by atoms with van der Waals surface area (Å²) in [6.45, 7) is 4.47. The summed E-state index contributed by atoms with van der Waals surface area (Å²) >= 11 is 0. The second-order valence-electron chi connectivity index (χ2n) is 7.21. The predicted molar refractivity (Wildman–Crippen MR) is 96.9 cm³/mol. The third-order valence-corrected chi connectivity index (χ3v) is 5.44. The van der Waals surface area contributed by atoms with Gasteiger partial charge >= 0.3 is 0 Å². The highest BCUT2D eigenvalue weighted by molar-refractivity contribution is 5.95. The Morgan fingerprint density at radius 2 is 1.69 bits per heavy atom. The van der Waals surface area contributed by atoms with Crippen LogP contribution in [0.2, 0.25) is 0 Å². The van der Waals surface area contributed by atoms with Crippen molar-refractivity contribution < 1.29 is 14.5 Å². The number of nitro benzene ring substituents is 1. The van der Waals surface area contributed by atoms with Crippen LogP contribution in [0, 0.1) is 23.0 Å². The molecule has 3 rings (SSSR count). The van der Waals surface area contributed by atoms with Crippen LogP contribution in [0.4, 0.5) is 5.69 Å². The van der Waals surface area contributed by atoms with Crippen LogP contribution >= 0.6 is 0 Å². The summed E-state index contributed by atoms with van der Waals surface area (Å²) in [5.41, 5.74) is 0.970. The molecule has 1 aromatic carbocycles. The van der Waals surface area contributed by atoms with Gasteiger partial charge in [-0.3, -0.25) is 19.7 Å². The number of aryl methyl sites for hydroxylation is 1. The number of likely N-dealkylation sites (tertiary alicyclic amines) is 2. The molecular formula is C19H25N3O4. The molecule has 2 amide bonds. The Kier molecular flexibility index (Phi) is 5.54. The number of hydrogen-bond donors (Lipinski definition) is 0. The Balaban J connectivity index is 1.59. The van der Waals surface area contributed by atoms with Crippen molar-refractivity contribution in [1.82, 2.24) is 9.80 Å². The minimum atomic E-state index is -0.443. The second-order valence-corrected chi connectivity index (χ2v) is 7.21. The van der Waals surface area contributed by atoms with Gasteiger partial charge in [0.15, 0.2) is 0 Å². The molecule has 0 atom stereocenters. The standard InChI is InChI=1S/C19H25N3O4/c1-14-13-16(5-6-17(14)22(25)26)19(24)21-11-7-15(8-12-21)18(23)20-9-3-2-4-10-20/h5-6,13,15H,2-4,7-12H2,1H3. The zero-order valence-electron chi connectivity index (χ0n) is 15.1. The predicted octanol–water partition coefficient (Wildman–Crippen LogP) is 2.77. The minimum Gasteiger partial charge on any atom is -0.342 e. The van der Waals surface area contributed by atoms with Crippen LogP contribution in [0.1, 0.15) is 48.0 Å². The van der Waals surface area contributed by atoms with Crippen LogP contribution in [-0.2, 0) is 4.79 Å². The highest BCUT2D eigenvalue weighted by atomic mass is 16.6. The van der Waals surface area contributed by atoms with Gasteiger partial charge in [0.25, 0.3) is 11.6 Å². The molecule has 140 valence electrons. The minimum absolute atomic E-state index is 0.00995. The van der Waals surface area contributed by atoms with Crippen LogP contribution in [0.25, 0.3) is 0 Å². The SMILES string of the molecule is Cc1cc(C(=O)N2CCC(C(=O)N3CCCCC3)CC2)ccc1[N+](=O)[O-]. The van der Waals surface area contributed by atoms with E-state index in [0.29, 0.717) is 37.1 Å². The van der Waals surface area contributed by atoms with E-state index in [4.69, 9.17) is 0 Å². The fourth-order valence-electron chi connectivity index (χ4n) is 3.88. The number of hydrogen-bond acceptors (Lipinski definition) is 4. The second kappa shape index (κ2) is 7.85. The Morgan fingerprint density at radius 1 is 1.04 bits per heavy atom. The fraction of sp³-hybridized carbons (Fsp3) is 0.579. The van der Waals surface area contributed by atoms with E-state index in [1.807, 2.05) is 4.90 Å². The van der Waals surface area contributed by atoms with Gasteiger partial charge in [0.1, 0.15) is 0 Å². The molecule has 0 aromatic heterocycles. The number of rotatable bonds is 3. The first kappa shape index (κ1) is 18.4. The van der Waals surface area contributed by atoms with Crippen molar-refractivity contribution in [2.24, 2.45) is 5.92 Å². The fourth-order valence-corrected chi connectivity index (χ4v) is 3.88. The summed E-state index contributed by atoms with van der Waals surface area (Å²) in [6, 6.07) is 4.47. The number of benzene rings is 1. The number of nitro groups is 1. The molecular weight excluding hydrogens is 334 g/mol. The highest BCUT2D eigenvalue weighted by Gasteiger charge is 2.31. The lowest BCUT2D eigenvalue weighted by Gasteiger charge is -2.35. The first-order chi connectivity index (χ1) is 12.5. The van der Waals surface area contributed by atoms with Crippen LogP contribution in [0.15, 0.2) is 18.2 Å². The third kappa shape index (κ3) is 3.86. The van der Waals surface area contributed by atoms with Crippen LogP contribution in [0.5, 0.6) is 0 Å². The van der Waals surface area contributed by atoms with E-state index in [-0.39, 0.29) is 23.4 Å². The van der Waals surface area contributed by atoms with E-state index in [0.717, 1.165) is 25.9 Å². The molecule has 0 saturated carbocycles. The number of amides is 2. The lowest BCUT2D eigenvalue weighted by Crippen LogP contribution is -2.45. The molecule has 2 heterocycles. The molecule has 0 radical (unpaired) electrons. The molecule has 2 fully saturated rings. The molecule has 1 aromatic rings. The van der Waals surface area contributed by atoms with Gasteiger partial charge in [-0.2, -0.15) is 0 Å². The normalized spacial score (nSPS) is 18.7. The Labute approximate surface area is 153 Å². The number of carbonyl (C=O) groups excluding carboxylic acids is 2. The highest BCUT2D eigenvalue weighted by Crippen LogP contribution is 2.24. The van der Waals surface area contributed by atoms with Gasteiger partial charge in [-0.1, -0.05) is 0 Å². The summed E-state index contributed by atoms with van der Waals surface area (Å²) in [6.07, 6.45) is 4.75. The number of carbonyl (C=O) groups is 2. The van der Waals surface area contributed by atoms with E-state index in [2.05, 4.69) is 0 Å². The van der Waals surface area contributed by atoms with Gasteiger partial charge in [-0.15, -0.1) is 0 Å². The van der Waals surface area contributed by atoms with Crippen LogP contribution in [0.3, 0.4) is 0 Å². The van der Waals surface area contributed by atoms with E-state index in [1.54, 1.807) is 17.9 Å². The van der Waals surface area contributed by atoms with Gasteiger partial charge in [0.05, 0.1) is 4.92 Å². The van der Waals surface area contributed by atoms with E-state index in [9.17, 15) is 19.7 Å². The van der Waals surface area contributed by atoms with Crippen molar-refractivity contribution in [3.05, 3.63) is 39.4 Å². The van der Waals surface area contributed by atoms with Gasteiger partial charge in [-0.25, -0.2) is 0 Å². The van der Waals surface area contributed by atoms with E-state index < -0.39 is 4.92 Å². The summed E-state index contributed by atoms with van der Waals surface area (Å²) in [4.78, 5) is 39.5. The van der Waals surface area contributed by atoms with Crippen molar-refractivity contribution in [2.75, 3.05) is 26.2 Å². The molecule has 2 aliphatic rings. The van der Waals surface area contributed by atoms with E-state index in [1.165, 1.54) is 18.6 Å². The van der Waals surface area contributed by atoms with Crippen molar-refractivity contribution >= 4 is 17.5 Å². The van der Waals surface area contributed by atoms with Crippen LogP contribution < -0.4 is 0 Å². The zero-order valence-corrected chi connectivity index (χ0v) is 15.1. The molecule has 0 unspecified atom stereocenters. The monoisotopic (exact) mass is 359 g/mol. The van der Waals surface area contributed by atoms with Gasteiger partial charge in [0, 0.05) is 49.3 Å².